The summed E-state index contributed by atoms with van der Waals surface area (Å²) < 4.78 is 3.08. The molecule has 0 saturated heterocycles. The molecule has 0 spiro atoms. The third-order valence-corrected chi connectivity index (χ3v) is 1.69. The summed E-state index contributed by atoms with van der Waals surface area (Å²) in [5.41, 5.74) is 0. The maximum atomic E-state index is 9.21. The highest BCUT2D eigenvalue weighted by Crippen LogP contribution is 2.36. The van der Waals surface area contributed by atoms with Crippen LogP contribution in [0.1, 0.15) is 20.3 Å². The molecule has 1 aliphatic rings. The third kappa shape index (κ3) is 6.85. The Labute approximate surface area is 70.0 Å². The van der Waals surface area contributed by atoms with Crippen LogP contribution in [0.5, 0.6) is 0 Å². The highest BCUT2D eigenvalue weighted by molar-refractivity contribution is 5.74. The van der Waals surface area contributed by atoms with Crippen molar-refractivity contribution >= 4 is 12.3 Å². The molecule has 2 unspecified atom stereocenters. The molecule has 1 rings (SSSR count). The van der Waals surface area contributed by atoms with Crippen LogP contribution in [0.15, 0.2) is 0 Å². The Morgan fingerprint density at radius 1 is 1.17 bits per heavy atom. The molecule has 1 fully saturated rings. The average molecular weight is 176 g/mol. The van der Waals surface area contributed by atoms with E-state index >= 15 is 0 Å². The average Bonchev–Trinajstić information content (AvgIpc) is 2.42. The van der Waals surface area contributed by atoms with Gasteiger partial charge in [0.2, 0.25) is 0 Å². The molecule has 1 saturated carbocycles. The van der Waals surface area contributed by atoms with Gasteiger partial charge in [-0.15, -0.1) is 0 Å². The van der Waals surface area contributed by atoms with Crippen molar-refractivity contribution in [3.8, 4) is 0 Å². The maximum Gasteiger partial charge on any atom is 0.516 e. The molecular weight excluding hydrogens is 164 g/mol. The van der Waals surface area contributed by atoms with Crippen LogP contribution in [0.2, 0.25) is 0 Å². The zero-order valence-corrected chi connectivity index (χ0v) is 6.98. The molecule has 0 aromatic heterocycles. The first-order valence-corrected chi connectivity index (χ1v) is 3.57. The molecule has 2 N–H and O–H groups in total. The molecule has 0 radical (unpaired) electrons. The van der Waals surface area contributed by atoms with Gasteiger partial charge in [0.15, 0.2) is 0 Å². The number of ether oxygens (including phenoxy) is 1. The van der Waals surface area contributed by atoms with Gasteiger partial charge in [0.25, 0.3) is 0 Å². The summed E-state index contributed by atoms with van der Waals surface area (Å²) >= 11 is 0. The number of rotatable bonds is 0. The van der Waals surface area contributed by atoms with E-state index in [4.69, 9.17) is 10.2 Å². The Morgan fingerprint density at radius 2 is 1.42 bits per heavy atom. The molecule has 12 heavy (non-hydrogen) atoms. The van der Waals surface area contributed by atoms with Crippen LogP contribution in [0.4, 0.5) is 9.59 Å². The van der Waals surface area contributed by atoms with Crippen LogP contribution < -0.4 is 0 Å². The van der Waals surface area contributed by atoms with Crippen LogP contribution in [-0.4, -0.2) is 22.5 Å². The Morgan fingerprint density at radius 3 is 1.42 bits per heavy atom. The van der Waals surface area contributed by atoms with Gasteiger partial charge in [0, 0.05) is 0 Å². The standard InChI is InChI=1S/C5H10.C2H2O5/c1-4-3-5(4)2;3-1(4)7-2(5)6/h4-5H,3H2,1-2H3;(H,3,4)(H,5,6). The number of hydrogen-bond donors (Lipinski definition) is 2. The minimum absolute atomic E-state index is 1.05. The van der Waals surface area contributed by atoms with Crippen LogP contribution in [0.3, 0.4) is 0 Å². The minimum Gasteiger partial charge on any atom is -0.449 e. The van der Waals surface area contributed by atoms with Crippen LogP contribution in [-0.2, 0) is 4.74 Å². The molecule has 2 atom stereocenters. The SMILES string of the molecule is CC1CC1C.O=C(O)OC(=O)O. The normalized spacial score (nSPS) is 24.8. The Bertz CT molecular complexity index is 159. The summed E-state index contributed by atoms with van der Waals surface area (Å²) in [4.78, 5) is 18.4. The Hall–Kier alpha value is -1.26. The van der Waals surface area contributed by atoms with E-state index in [1.807, 2.05) is 0 Å². The molecule has 1 aliphatic carbocycles. The van der Waals surface area contributed by atoms with Gasteiger partial charge < -0.3 is 14.9 Å². The fourth-order valence-electron chi connectivity index (χ4n) is 0.583. The molecule has 0 aliphatic heterocycles. The van der Waals surface area contributed by atoms with E-state index in [0.29, 0.717) is 0 Å². The summed E-state index contributed by atoms with van der Waals surface area (Å²) in [6.07, 6.45) is -2.15. The van der Waals surface area contributed by atoms with Crippen LogP contribution in [0.25, 0.3) is 0 Å². The second-order valence-electron chi connectivity index (χ2n) is 2.82. The lowest BCUT2D eigenvalue weighted by Crippen LogP contribution is -2.05. The molecule has 0 heterocycles. The van der Waals surface area contributed by atoms with Crippen molar-refractivity contribution in [3.05, 3.63) is 0 Å². The van der Waals surface area contributed by atoms with E-state index in [1.54, 1.807) is 0 Å². The summed E-state index contributed by atoms with van der Waals surface area (Å²) in [7, 11) is 0. The summed E-state index contributed by atoms with van der Waals surface area (Å²) in [6, 6.07) is 0. The van der Waals surface area contributed by atoms with E-state index in [9.17, 15) is 9.59 Å². The predicted octanol–water partition coefficient (Wildman–Crippen LogP) is 2.02. The Balaban J connectivity index is 0.000000211. The quantitative estimate of drug-likeness (QED) is 0.435. The topological polar surface area (TPSA) is 83.8 Å². The van der Waals surface area contributed by atoms with Gasteiger partial charge in [-0.25, -0.2) is 9.59 Å². The van der Waals surface area contributed by atoms with Crippen molar-refractivity contribution in [2.45, 2.75) is 20.3 Å². The molecule has 0 amide bonds. The molecule has 0 aromatic carbocycles. The van der Waals surface area contributed by atoms with Gasteiger partial charge in [-0.1, -0.05) is 13.8 Å². The van der Waals surface area contributed by atoms with E-state index in [0.717, 1.165) is 11.8 Å². The van der Waals surface area contributed by atoms with Crippen molar-refractivity contribution in [2.75, 3.05) is 0 Å². The van der Waals surface area contributed by atoms with Crippen molar-refractivity contribution in [3.63, 3.8) is 0 Å². The van der Waals surface area contributed by atoms with Gasteiger partial charge in [-0.2, -0.15) is 0 Å². The Kier molecular flexibility index (Phi) is 4.10. The first-order chi connectivity index (χ1) is 5.43. The third-order valence-electron chi connectivity index (χ3n) is 1.69. The lowest BCUT2D eigenvalue weighted by molar-refractivity contribution is 0.0802. The van der Waals surface area contributed by atoms with Crippen LogP contribution in [0, 0.1) is 11.8 Å². The van der Waals surface area contributed by atoms with Gasteiger partial charge in [-0.05, 0) is 18.3 Å². The zero-order chi connectivity index (χ0) is 9.72. The largest absolute Gasteiger partial charge is 0.516 e. The number of carbonyl (C=O) groups is 2. The first-order valence-electron chi connectivity index (χ1n) is 3.57. The molecule has 70 valence electrons. The maximum absolute atomic E-state index is 9.21. The number of carboxylic acid groups (broad SMARTS) is 2. The van der Waals surface area contributed by atoms with E-state index in [1.165, 1.54) is 6.42 Å². The second-order valence-corrected chi connectivity index (χ2v) is 2.82. The van der Waals surface area contributed by atoms with E-state index < -0.39 is 12.3 Å². The predicted molar refractivity (Wildman–Crippen MR) is 40.1 cm³/mol. The lowest BCUT2D eigenvalue weighted by atomic mass is 10.4. The fraction of sp³-hybridized carbons (Fsp3) is 0.714. The highest BCUT2D eigenvalue weighted by Gasteiger charge is 2.26. The molecule has 0 bridgehead atoms. The minimum atomic E-state index is -1.81. The van der Waals surface area contributed by atoms with Gasteiger partial charge in [0.1, 0.15) is 0 Å². The summed E-state index contributed by atoms with van der Waals surface area (Å²) in [5.74, 6) is 2.10. The second kappa shape index (κ2) is 4.58. The molecule has 5 heteroatoms. The van der Waals surface area contributed by atoms with E-state index in [2.05, 4.69) is 18.6 Å². The molecule has 0 aromatic rings. The number of hydrogen-bond acceptors (Lipinski definition) is 3. The summed E-state index contributed by atoms with van der Waals surface area (Å²) in [6.45, 7) is 4.59. The monoisotopic (exact) mass is 176 g/mol. The van der Waals surface area contributed by atoms with Gasteiger partial charge in [-0.3, -0.25) is 0 Å². The lowest BCUT2D eigenvalue weighted by Gasteiger charge is -1.84. The van der Waals surface area contributed by atoms with Gasteiger partial charge >= 0.3 is 12.3 Å². The smallest absolute Gasteiger partial charge is 0.449 e. The highest BCUT2D eigenvalue weighted by atomic mass is 16.7. The summed E-state index contributed by atoms with van der Waals surface area (Å²) in [5, 5.41) is 15.0. The molecule has 5 nitrogen and oxygen atoms in total. The molecular formula is C7H12O5. The van der Waals surface area contributed by atoms with Crippen molar-refractivity contribution in [2.24, 2.45) is 11.8 Å². The van der Waals surface area contributed by atoms with Crippen molar-refractivity contribution in [1.82, 2.24) is 0 Å². The fourth-order valence-corrected chi connectivity index (χ4v) is 0.583. The van der Waals surface area contributed by atoms with Crippen molar-refractivity contribution in [1.29, 1.82) is 0 Å². The van der Waals surface area contributed by atoms with Crippen molar-refractivity contribution < 1.29 is 24.5 Å². The zero-order valence-electron chi connectivity index (χ0n) is 6.98. The van der Waals surface area contributed by atoms with Gasteiger partial charge in [0.05, 0.1) is 0 Å². The van der Waals surface area contributed by atoms with E-state index in [-0.39, 0.29) is 0 Å². The van der Waals surface area contributed by atoms with Crippen LogP contribution >= 0.6 is 0 Å². The first kappa shape index (κ1) is 10.7.